The van der Waals surface area contributed by atoms with Gasteiger partial charge in [-0.25, -0.2) is 4.79 Å². The molecule has 2 aromatic carbocycles. The van der Waals surface area contributed by atoms with Gasteiger partial charge in [-0.2, -0.15) is 0 Å². The third kappa shape index (κ3) is 5.58. The zero-order valence-corrected chi connectivity index (χ0v) is 16.9. The Kier molecular flexibility index (Phi) is 6.68. The number of esters is 1. The summed E-state index contributed by atoms with van der Waals surface area (Å²) in [6.45, 7) is -0.0437. The first-order chi connectivity index (χ1) is 13.5. The van der Waals surface area contributed by atoms with Crippen LogP contribution in [0.15, 0.2) is 81.5 Å². The molecule has 0 saturated carbocycles. The summed E-state index contributed by atoms with van der Waals surface area (Å²) in [5.41, 5.74) is 1.09. The second-order valence-electron chi connectivity index (χ2n) is 5.73. The standard InChI is InChI=1S/C21H15BrClNO4/c22-16-7-5-15(6-8-16)20(25)24-19(12-14-3-9-17(23)10-4-14)21(26)28-13-18-2-1-11-27-18/h1-12H,13H2,(H,24,25)/b19-12-. The lowest BCUT2D eigenvalue weighted by Crippen LogP contribution is -2.28. The lowest BCUT2D eigenvalue weighted by molar-refractivity contribution is -0.141. The van der Waals surface area contributed by atoms with Crippen molar-refractivity contribution in [2.24, 2.45) is 0 Å². The molecule has 0 aliphatic carbocycles. The molecule has 0 atom stereocenters. The highest BCUT2D eigenvalue weighted by Crippen LogP contribution is 2.15. The molecule has 5 nitrogen and oxygen atoms in total. The highest BCUT2D eigenvalue weighted by atomic mass is 79.9. The third-order valence-corrected chi connectivity index (χ3v) is 4.46. The average molecular weight is 461 g/mol. The van der Waals surface area contributed by atoms with E-state index in [0.29, 0.717) is 21.9 Å². The predicted molar refractivity (Wildman–Crippen MR) is 110 cm³/mol. The van der Waals surface area contributed by atoms with E-state index < -0.39 is 11.9 Å². The minimum atomic E-state index is -0.684. The Balaban J connectivity index is 1.80. The molecule has 1 aromatic heterocycles. The fraction of sp³-hybridized carbons (Fsp3) is 0.0476. The van der Waals surface area contributed by atoms with Crippen LogP contribution in [0.2, 0.25) is 5.02 Å². The number of halogens is 2. The molecule has 3 aromatic rings. The second kappa shape index (κ2) is 9.39. The Morgan fingerprint density at radius 1 is 1.07 bits per heavy atom. The van der Waals surface area contributed by atoms with Gasteiger partial charge in [-0.3, -0.25) is 4.79 Å². The van der Waals surface area contributed by atoms with Crippen molar-refractivity contribution in [2.75, 3.05) is 0 Å². The van der Waals surface area contributed by atoms with Gasteiger partial charge >= 0.3 is 5.97 Å². The van der Waals surface area contributed by atoms with Gasteiger partial charge in [-0.15, -0.1) is 0 Å². The molecule has 0 radical (unpaired) electrons. The van der Waals surface area contributed by atoms with Crippen LogP contribution in [-0.2, 0) is 16.1 Å². The number of nitrogens with one attached hydrogen (secondary N) is 1. The van der Waals surface area contributed by atoms with Gasteiger partial charge in [-0.1, -0.05) is 39.7 Å². The van der Waals surface area contributed by atoms with Crippen LogP contribution in [0, 0.1) is 0 Å². The Morgan fingerprint density at radius 2 is 1.79 bits per heavy atom. The first kappa shape index (κ1) is 19.9. The summed E-state index contributed by atoms with van der Waals surface area (Å²) in [6, 6.07) is 17.0. The molecule has 0 aliphatic rings. The second-order valence-corrected chi connectivity index (χ2v) is 7.08. The molecule has 1 amide bonds. The summed E-state index contributed by atoms with van der Waals surface area (Å²) in [6.07, 6.45) is 3.01. The third-order valence-electron chi connectivity index (χ3n) is 3.68. The number of ether oxygens (including phenoxy) is 1. The van der Waals surface area contributed by atoms with Crippen molar-refractivity contribution in [1.29, 1.82) is 0 Å². The average Bonchev–Trinajstić information content (AvgIpc) is 3.21. The van der Waals surface area contributed by atoms with Gasteiger partial charge in [0.2, 0.25) is 0 Å². The number of hydrogen-bond acceptors (Lipinski definition) is 4. The SMILES string of the molecule is O=C(OCc1ccco1)/C(=C/c1ccc(Cl)cc1)NC(=O)c1ccc(Br)cc1. The van der Waals surface area contributed by atoms with Crippen molar-refractivity contribution >= 4 is 45.5 Å². The van der Waals surface area contributed by atoms with Gasteiger partial charge in [0.05, 0.1) is 6.26 Å². The summed E-state index contributed by atoms with van der Waals surface area (Å²) in [4.78, 5) is 25.1. The molecule has 7 heteroatoms. The van der Waals surface area contributed by atoms with Crippen LogP contribution in [-0.4, -0.2) is 11.9 Å². The van der Waals surface area contributed by atoms with E-state index in [9.17, 15) is 9.59 Å². The molecule has 1 heterocycles. The minimum Gasteiger partial charge on any atom is -0.466 e. The normalized spacial score (nSPS) is 11.1. The Hall–Kier alpha value is -2.83. The molecule has 0 fully saturated rings. The Morgan fingerprint density at radius 3 is 2.43 bits per heavy atom. The predicted octanol–water partition coefficient (Wildman–Crippen LogP) is 5.21. The Labute approximate surface area is 175 Å². The van der Waals surface area contributed by atoms with E-state index in [4.69, 9.17) is 20.8 Å². The van der Waals surface area contributed by atoms with E-state index in [1.807, 2.05) is 0 Å². The van der Waals surface area contributed by atoms with Crippen LogP contribution in [0.1, 0.15) is 21.7 Å². The maximum atomic E-state index is 12.6. The molecule has 0 aliphatic heterocycles. The van der Waals surface area contributed by atoms with Gasteiger partial charge in [-0.05, 0) is 60.2 Å². The van der Waals surface area contributed by atoms with Crippen LogP contribution in [0.4, 0.5) is 0 Å². The van der Waals surface area contributed by atoms with E-state index in [0.717, 1.165) is 4.47 Å². The van der Waals surface area contributed by atoms with Crippen LogP contribution in [0.5, 0.6) is 0 Å². The smallest absolute Gasteiger partial charge is 0.355 e. The maximum absolute atomic E-state index is 12.6. The number of carbonyl (C=O) groups excluding carboxylic acids is 2. The van der Waals surface area contributed by atoms with E-state index in [1.165, 1.54) is 12.3 Å². The molecule has 0 spiro atoms. The first-order valence-corrected chi connectivity index (χ1v) is 9.42. The summed E-state index contributed by atoms with van der Waals surface area (Å²) in [5, 5.41) is 3.18. The zero-order valence-electron chi connectivity index (χ0n) is 14.5. The monoisotopic (exact) mass is 459 g/mol. The molecule has 0 unspecified atom stereocenters. The van der Waals surface area contributed by atoms with Crippen LogP contribution in [0.3, 0.4) is 0 Å². The van der Waals surface area contributed by atoms with E-state index >= 15 is 0 Å². The Bertz CT molecular complexity index is 980. The summed E-state index contributed by atoms with van der Waals surface area (Å²) < 4.78 is 11.3. The molecule has 142 valence electrons. The van der Waals surface area contributed by atoms with E-state index in [-0.39, 0.29) is 12.3 Å². The van der Waals surface area contributed by atoms with Crippen molar-refractivity contribution < 1.29 is 18.7 Å². The molecular formula is C21H15BrClNO4. The van der Waals surface area contributed by atoms with E-state index in [2.05, 4.69) is 21.2 Å². The van der Waals surface area contributed by atoms with Gasteiger partial charge in [0.15, 0.2) is 0 Å². The molecule has 3 rings (SSSR count). The molecule has 28 heavy (non-hydrogen) atoms. The lowest BCUT2D eigenvalue weighted by atomic mass is 10.1. The quantitative estimate of drug-likeness (QED) is 0.405. The zero-order chi connectivity index (χ0) is 19.9. The lowest BCUT2D eigenvalue weighted by Gasteiger charge is -2.10. The summed E-state index contributed by atoms with van der Waals surface area (Å²) >= 11 is 9.22. The topological polar surface area (TPSA) is 68.5 Å². The number of carbonyl (C=O) groups is 2. The van der Waals surface area contributed by atoms with Crippen LogP contribution < -0.4 is 5.32 Å². The fourth-order valence-corrected chi connectivity index (χ4v) is 2.67. The largest absolute Gasteiger partial charge is 0.466 e. The summed E-state index contributed by atoms with van der Waals surface area (Å²) in [5.74, 6) is -0.613. The number of benzene rings is 2. The highest BCUT2D eigenvalue weighted by Gasteiger charge is 2.17. The van der Waals surface area contributed by atoms with Crippen molar-refractivity contribution in [3.63, 3.8) is 0 Å². The molecular weight excluding hydrogens is 446 g/mol. The van der Waals surface area contributed by atoms with Gasteiger partial charge < -0.3 is 14.5 Å². The molecule has 0 saturated heterocycles. The van der Waals surface area contributed by atoms with Crippen molar-refractivity contribution in [2.45, 2.75) is 6.61 Å². The number of hydrogen-bond donors (Lipinski definition) is 1. The number of furan rings is 1. The molecule has 1 N–H and O–H groups in total. The number of amides is 1. The van der Waals surface area contributed by atoms with Crippen molar-refractivity contribution in [1.82, 2.24) is 5.32 Å². The number of rotatable bonds is 6. The van der Waals surface area contributed by atoms with Gasteiger partial charge in [0, 0.05) is 15.1 Å². The van der Waals surface area contributed by atoms with Crippen molar-refractivity contribution in [3.05, 3.63) is 99.0 Å². The fourth-order valence-electron chi connectivity index (χ4n) is 2.28. The highest BCUT2D eigenvalue weighted by molar-refractivity contribution is 9.10. The summed E-state index contributed by atoms with van der Waals surface area (Å²) in [7, 11) is 0. The van der Waals surface area contributed by atoms with Gasteiger partial charge in [0.1, 0.15) is 18.1 Å². The first-order valence-electron chi connectivity index (χ1n) is 8.25. The molecule has 0 bridgehead atoms. The van der Waals surface area contributed by atoms with Crippen LogP contribution >= 0.6 is 27.5 Å². The van der Waals surface area contributed by atoms with Gasteiger partial charge in [0.25, 0.3) is 5.91 Å². The van der Waals surface area contributed by atoms with Crippen molar-refractivity contribution in [3.8, 4) is 0 Å². The van der Waals surface area contributed by atoms with Crippen LogP contribution in [0.25, 0.3) is 6.08 Å². The van der Waals surface area contributed by atoms with E-state index in [1.54, 1.807) is 60.7 Å². The maximum Gasteiger partial charge on any atom is 0.355 e. The minimum absolute atomic E-state index is 0.00166.